The molecule has 3 nitrogen and oxygen atoms in total. The summed E-state index contributed by atoms with van der Waals surface area (Å²) in [4.78, 5) is 5.73. The Morgan fingerprint density at radius 3 is 2.65 bits per heavy atom. The number of aromatic nitrogens is 2. The highest BCUT2D eigenvalue weighted by Crippen LogP contribution is 2.32. The zero-order valence-corrected chi connectivity index (χ0v) is 9.49. The van der Waals surface area contributed by atoms with Gasteiger partial charge in [0.15, 0.2) is 0 Å². The van der Waals surface area contributed by atoms with Crippen molar-refractivity contribution in [2.75, 3.05) is 14.1 Å². The molecule has 0 aliphatic carbocycles. The molecule has 0 spiro atoms. The average Bonchev–Trinajstić information content (AvgIpc) is 2.59. The molecule has 0 saturated heterocycles. The molecule has 0 N–H and O–H groups in total. The molecule has 2 heterocycles. The van der Waals surface area contributed by atoms with E-state index in [1.807, 2.05) is 19.0 Å². The number of pyridine rings is 1. The van der Waals surface area contributed by atoms with E-state index in [4.69, 9.17) is 0 Å². The molecule has 0 atom stereocenters. The van der Waals surface area contributed by atoms with E-state index in [2.05, 4.69) is 4.98 Å². The third-order valence-electron chi connectivity index (χ3n) is 2.40. The number of alkyl halides is 3. The van der Waals surface area contributed by atoms with Gasteiger partial charge in [0.2, 0.25) is 0 Å². The van der Waals surface area contributed by atoms with Gasteiger partial charge in [-0.05, 0) is 26.2 Å². The molecule has 2 aromatic heterocycles. The fourth-order valence-corrected chi connectivity index (χ4v) is 1.72. The molecule has 0 bridgehead atoms. The molecule has 0 radical (unpaired) electrons. The number of hydrogen-bond donors (Lipinski definition) is 0. The molecule has 0 amide bonds. The van der Waals surface area contributed by atoms with Gasteiger partial charge >= 0.3 is 6.18 Å². The summed E-state index contributed by atoms with van der Waals surface area (Å²) in [7, 11) is 3.71. The van der Waals surface area contributed by atoms with Crippen LogP contribution in [0.3, 0.4) is 0 Å². The maximum atomic E-state index is 12.7. The van der Waals surface area contributed by atoms with Crippen molar-refractivity contribution >= 4 is 5.65 Å². The van der Waals surface area contributed by atoms with E-state index in [9.17, 15) is 13.2 Å². The number of rotatable bonds is 2. The minimum atomic E-state index is -4.37. The lowest BCUT2D eigenvalue weighted by Gasteiger charge is -2.11. The smallest absolute Gasteiger partial charge is 0.304 e. The maximum Gasteiger partial charge on any atom is 0.419 e. The highest BCUT2D eigenvalue weighted by molar-refractivity contribution is 5.50. The van der Waals surface area contributed by atoms with Gasteiger partial charge in [0.05, 0.1) is 17.5 Å². The van der Waals surface area contributed by atoms with E-state index in [1.165, 1.54) is 16.7 Å². The van der Waals surface area contributed by atoms with E-state index in [0.717, 1.165) is 11.8 Å². The Labute approximate surface area is 96.5 Å². The fourth-order valence-electron chi connectivity index (χ4n) is 1.72. The standard InChI is InChI=1S/C11H12F3N3/c1-16(2)7-8-6-15-10-9(11(12,13)14)4-3-5-17(8)10/h3-6H,7H2,1-2H3. The van der Waals surface area contributed by atoms with Crippen molar-refractivity contribution < 1.29 is 13.2 Å². The van der Waals surface area contributed by atoms with Crippen LogP contribution in [0.15, 0.2) is 24.5 Å². The fraction of sp³-hybridized carbons (Fsp3) is 0.364. The van der Waals surface area contributed by atoms with E-state index in [1.54, 1.807) is 6.20 Å². The van der Waals surface area contributed by atoms with Gasteiger partial charge in [-0.1, -0.05) is 0 Å². The summed E-state index contributed by atoms with van der Waals surface area (Å²) in [5, 5.41) is 0. The van der Waals surface area contributed by atoms with E-state index >= 15 is 0 Å². The summed E-state index contributed by atoms with van der Waals surface area (Å²) in [5.41, 5.74) is -0.0158. The van der Waals surface area contributed by atoms with Gasteiger partial charge in [0.1, 0.15) is 5.65 Å². The molecule has 2 aromatic rings. The van der Waals surface area contributed by atoms with Crippen LogP contribution in [0.1, 0.15) is 11.3 Å². The molecule has 17 heavy (non-hydrogen) atoms. The summed E-state index contributed by atoms with van der Waals surface area (Å²) in [6.07, 6.45) is -1.30. The minimum Gasteiger partial charge on any atom is -0.304 e. The van der Waals surface area contributed by atoms with Crippen LogP contribution in [-0.2, 0) is 12.7 Å². The first-order valence-electron chi connectivity index (χ1n) is 5.06. The van der Waals surface area contributed by atoms with Crippen LogP contribution in [0.4, 0.5) is 13.2 Å². The Morgan fingerprint density at radius 2 is 2.06 bits per heavy atom. The van der Waals surface area contributed by atoms with Crippen molar-refractivity contribution in [3.05, 3.63) is 35.8 Å². The van der Waals surface area contributed by atoms with Gasteiger partial charge in [0.25, 0.3) is 0 Å². The molecule has 2 rings (SSSR count). The van der Waals surface area contributed by atoms with Crippen molar-refractivity contribution in [1.82, 2.24) is 14.3 Å². The van der Waals surface area contributed by atoms with Crippen LogP contribution in [0, 0.1) is 0 Å². The summed E-state index contributed by atoms with van der Waals surface area (Å²) in [6.45, 7) is 0.544. The van der Waals surface area contributed by atoms with Crippen molar-refractivity contribution in [3.8, 4) is 0 Å². The third kappa shape index (κ3) is 2.26. The monoisotopic (exact) mass is 243 g/mol. The Bertz CT molecular complexity index is 528. The first kappa shape index (κ1) is 11.9. The minimum absolute atomic E-state index is 0.0446. The molecule has 0 unspecified atom stereocenters. The highest BCUT2D eigenvalue weighted by Gasteiger charge is 2.33. The Kier molecular flexibility index (Phi) is 2.82. The lowest BCUT2D eigenvalue weighted by molar-refractivity contribution is -0.136. The lowest BCUT2D eigenvalue weighted by atomic mass is 10.2. The number of imidazole rings is 1. The van der Waals surface area contributed by atoms with Crippen molar-refractivity contribution in [2.24, 2.45) is 0 Å². The number of fused-ring (bicyclic) bond motifs is 1. The summed E-state index contributed by atoms with van der Waals surface area (Å²) >= 11 is 0. The molecule has 6 heteroatoms. The topological polar surface area (TPSA) is 20.5 Å². The average molecular weight is 243 g/mol. The Morgan fingerprint density at radius 1 is 1.35 bits per heavy atom. The molecule has 0 aliphatic heterocycles. The Balaban J connectivity index is 2.57. The SMILES string of the molecule is CN(C)Cc1cnc2c(C(F)(F)F)cccn12. The predicted octanol–water partition coefficient (Wildman–Crippen LogP) is 2.41. The third-order valence-corrected chi connectivity index (χ3v) is 2.40. The van der Waals surface area contributed by atoms with Gasteiger partial charge < -0.3 is 9.30 Å². The quantitative estimate of drug-likeness (QED) is 0.807. The molecular formula is C11H12F3N3. The van der Waals surface area contributed by atoms with Crippen LogP contribution in [0.2, 0.25) is 0 Å². The van der Waals surface area contributed by atoms with Crippen LogP contribution in [0.25, 0.3) is 5.65 Å². The summed E-state index contributed by atoms with van der Waals surface area (Å²) < 4.78 is 39.7. The zero-order chi connectivity index (χ0) is 12.6. The van der Waals surface area contributed by atoms with E-state index in [-0.39, 0.29) is 5.65 Å². The van der Waals surface area contributed by atoms with Crippen LogP contribution in [-0.4, -0.2) is 28.4 Å². The molecule has 92 valence electrons. The number of hydrogen-bond acceptors (Lipinski definition) is 2. The second kappa shape index (κ2) is 4.03. The highest BCUT2D eigenvalue weighted by atomic mass is 19.4. The molecular weight excluding hydrogens is 231 g/mol. The van der Waals surface area contributed by atoms with Gasteiger partial charge in [-0.15, -0.1) is 0 Å². The van der Waals surface area contributed by atoms with Gasteiger partial charge in [-0.25, -0.2) is 4.98 Å². The van der Waals surface area contributed by atoms with Gasteiger partial charge in [-0.2, -0.15) is 13.2 Å². The molecule has 0 aromatic carbocycles. The summed E-state index contributed by atoms with van der Waals surface area (Å²) in [5.74, 6) is 0. The van der Waals surface area contributed by atoms with E-state index in [0.29, 0.717) is 6.54 Å². The van der Waals surface area contributed by atoms with Crippen molar-refractivity contribution in [3.63, 3.8) is 0 Å². The molecule has 0 saturated carbocycles. The number of halogens is 3. The van der Waals surface area contributed by atoms with Gasteiger partial charge in [-0.3, -0.25) is 0 Å². The van der Waals surface area contributed by atoms with Crippen molar-refractivity contribution in [1.29, 1.82) is 0 Å². The van der Waals surface area contributed by atoms with Crippen LogP contribution in [0.5, 0.6) is 0 Å². The van der Waals surface area contributed by atoms with Crippen molar-refractivity contribution in [2.45, 2.75) is 12.7 Å². The predicted molar refractivity (Wildman–Crippen MR) is 57.6 cm³/mol. The van der Waals surface area contributed by atoms with Gasteiger partial charge in [0, 0.05) is 12.7 Å². The largest absolute Gasteiger partial charge is 0.419 e. The maximum absolute atomic E-state index is 12.7. The normalized spacial score (nSPS) is 12.6. The first-order valence-corrected chi connectivity index (χ1v) is 5.06. The lowest BCUT2D eigenvalue weighted by Crippen LogP contribution is -2.13. The van der Waals surface area contributed by atoms with Crippen LogP contribution >= 0.6 is 0 Å². The zero-order valence-electron chi connectivity index (χ0n) is 9.49. The van der Waals surface area contributed by atoms with E-state index < -0.39 is 11.7 Å². The molecule has 0 fully saturated rings. The summed E-state index contributed by atoms with van der Waals surface area (Å²) in [6, 6.07) is 2.43. The molecule has 0 aliphatic rings. The Hall–Kier alpha value is -1.56. The second-order valence-electron chi connectivity index (χ2n) is 4.10. The van der Waals surface area contributed by atoms with Crippen LogP contribution < -0.4 is 0 Å². The second-order valence-corrected chi connectivity index (χ2v) is 4.10. The number of nitrogens with zero attached hydrogens (tertiary/aromatic N) is 3. The first-order chi connectivity index (χ1) is 7.89.